The lowest BCUT2D eigenvalue weighted by Gasteiger charge is -2.08. The van der Waals surface area contributed by atoms with Gasteiger partial charge in [0.25, 0.3) is 11.8 Å². The average molecular weight is 398 g/mol. The molecule has 2 N–H and O–H groups in total. The fourth-order valence-corrected chi connectivity index (χ4v) is 3.13. The Kier molecular flexibility index (Phi) is 5.60. The quantitative estimate of drug-likeness (QED) is 0.664. The summed E-state index contributed by atoms with van der Waals surface area (Å²) in [5.74, 6) is -0.509. The van der Waals surface area contributed by atoms with E-state index < -0.39 is 9.84 Å². The highest BCUT2D eigenvalue weighted by Gasteiger charge is 2.12. The maximum absolute atomic E-state index is 12.3. The second kappa shape index (κ2) is 8.10. The number of amides is 2. The molecular formula is C20H18N2O5S. The van der Waals surface area contributed by atoms with Gasteiger partial charge < -0.3 is 15.1 Å². The van der Waals surface area contributed by atoms with Gasteiger partial charge in [0.2, 0.25) is 0 Å². The summed E-state index contributed by atoms with van der Waals surface area (Å²) >= 11 is 0. The molecule has 7 nitrogen and oxygen atoms in total. The molecule has 0 bridgehead atoms. The maximum Gasteiger partial charge on any atom is 0.291 e. The van der Waals surface area contributed by atoms with E-state index in [1.165, 1.54) is 24.5 Å². The first-order chi connectivity index (χ1) is 13.3. The molecule has 0 saturated carbocycles. The Morgan fingerprint density at radius 1 is 0.964 bits per heavy atom. The average Bonchev–Trinajstić information content (AvgIpc) is 3.21. The van der Waals surface area contributed by atoms with Gasteiger partial charge in [-0.05, 0) is 48.0 Å². The number of anilines is 1. The van der Waals surface area contributed by atoms with Crippen molar-refractivity contribution in [1.82, 2.24) is 5.32 Å². The second-order valence-corrected chi connectivity index (χ2v) is 8.13. The molecule has 1 aromatic heterocycles. The van der Waals surface area contributed by atoms with E-state index in [4.69, 9.17) is 4.42 Å². The van der Waals surface area contributed by atoms with Crippen molar-refractivity contribution in [3.8, 4) is 0 Å². The van der Waals surface area contributed by atoms with E-state index in [-0.39, 0.29) is 34.6 Å². The Morgan fingerprint density at radius 3 is 2.36 bits per heavy atom. The van der Waals surface area contributed by atoms with Gasteiger partial charge in [0.15, 0.2) is 15.6 Å². The highest BCUT2D eigenvalue weighted by atomic mass is 32.2. The van der Waals surface area contributed by atoms with Crippen LogP contribution in [0.15, 0.2) is 76.2 Å². The van der Waals surface area contributed by atoms with Crippen LogP contribution in [-0.4, -0.2) is 26.5 Å². The minimum Gasteiger partial charge on any atom is -0.459 e. The molecule has 0 unspecified atom stereocenters. The Morgan fingerprint density at radius 2 is 1.71 bits per heavy atom. The third kappa shape index (κ3) is 4.86. The molecule has 0 aliphatic carbocycles. The molecule has 0 fully saturated rings. The molecule has 0 aliphatic rings. The van der Waals surface area contributed by atoms with Gasteiger partial charge in [-0.15, -0.1) is 0 Å². The zero-order valence-electron chi connectivity index (χ0n) is 15.0. The Labute approximate surface area is 162 Å². The molecule has 3 rings (SSSR count). The Balaban J connectivity index is 1.59. The zero-order valence-corrected chi connectivity index (χ0v) is 15.8. The lowest BCUT2D eigenvalue weighted by molar-refractivity contribution is 0.0949. The van der Waals surface area contributed by atoms with Crippen molar-refractivity contribution in [1.29, 1.82) is 0 Å². The van der Waals surface area contributed by atoms with Crippen molar-refractivity contribution >= 4 is 27.3 Å². The van der Waals surface area contributed by atoms with Crippen molar-refractivity contribution in [3.05, 3.63) is 83.8 Å². The molecule has 0 radical (unpaired) electrons. The Hall–Kier alpha value is -3.39. The summed E-state index contributed by atoms with van der Waals surface area (Å²) in [4.78, 5) is 24.3. The summed E-state index contributed by atoms with van der Waals surface area (Å²) in [5.41, 5.74) is 1.69. The van der Waals surface area contributed by atoms with Crippen LogP contribution in [0.3, 0.4) is 0 Å². The van der Waals surface area contributed by atoms with Crippen LogP contribution in [0, 0.1) is 0 Å². The van der Waals surface area contributed by atoms with Crippen LogP contribution < -0.4 is 10.6 Å². The molecule has 144 valence electrons. The van der Waals surface area contributed by atoms with Gasteiger partial charge >= 0.3 is 0 Å². The van der Waals surface area contributed by atoms with Crippen molar-refractivity contribution < 1.29 is 22.4 Å². The van der Waals surface area contributed by atoms with E-state index in [2.05, 4.69) is 10.6 Å². The highest BCUT2D eigenvalue weighted by molar-refractivity contribution is 7.90. The maximum atomic E-state index is 12.3. The largest absolute Gasteiger partial charge is 0.459 e. The zero-order chi connectivity index (χ0) is 20.1. The molecule has 0 aliphatic heterocycles. The van der Waals surface area contributed by atoms with E-state index in [1.54, 1.807) is 42.5 Å². The number of sulfone groups is 1. The van der Waals surface area contributed by atoms with Gasteiger partial charge in [0, 0.05) is 24.1 Å². The minimum absolute atomic E-state index is 0.0943. The van der Waals surface area contributed by atoms with Crippen LogP contribution in [0.2, 0.25) is 0 Å². The molecule has 2 amide bonds. The molecule has 1 heterocycles. The predicted octanol–water partition coefficient (Wildman–Crippen LogP) is 2.87. The van der Waals surface area contributed by atoms with Crippen LogP contribution in [0.5, 0.6) is 0 Å². The van der Waals surface area contributed by atoms with E-state index in [0.29, 0.717) is 5.69 Å². The highest BCUT2D eigenvalue weighted by Crippen LogP contribution is 2.13. The first-order valence-electron chi connectivity index (χ1n) is 8.35. The molecular weight excluding hydrogens is 380 g/mol. The van der Waals surface area contributed by atoms with Gasteiger partial charge in [0.05, 0.1) is 11.2 Å². The number of carbonyl (C=O) groups is 2. The number of benzene rings is 2. The minimum atomic E-state index is -3.38. The number of furan rings is 1. The standard InChI is InChI=1S/C20H18N2O5S/c1-28(25,26)17-5-2-4-15(12-17)19(23)21-13-14-7-9-16(10-8-14)22-20(24)18-6-3-11-27-18/h2-12H,13H2,1H3,(H,21,23)(H,22,24). The summed E-state index contributed by atoms with van der Waals surface area (Å²) in [5, 5.41) is 5.45. The van der Waals surface area contributed by atoms with Crippen LogP contribution >= 0.6 is 0 Å². The smallest absolute Gasteiger partial charge is 0.291 e. The first-order valence-corrected chi connectivity index (χ1v) is 10.2. The second-order valence-electron chi connectivity index (χ2n) is 6.11. The SMILES string of the molecule is CS(=O)(=O)c1cccc(C(=O)NCc2ccc(NC(=O)c3ccco3)cc2)c1. The van der Waals surface area contributed by atoms with Crippen LogP contribution in [-0.2, 0) is 16.4 Å². The van der Waals surface area contributed by atoms with Crippen molar-refractivity contribution in [2.45, 2.75) is 11.4 Å². The van der Waals surface area contributed by atoms with E-state index in [0.717, 1.165) is 11.8 Å². The predicted molar refractivity (Wildman–Crippen MR) is 104 cm³/mol. The normalized spacial score (nSPS) is 11.0. The van der Waals surface area contributed by atoms with E-state index in [1.807, 2.05) is 0 Å². The summed E-state index contributed by atoms with van der Waals surface area (Å²) in [6.07, 6.45) is 2.52. The van der Waals surface area contributed by atoms with Crippen molar-refractivity contribution in [2.75, 3.05) is 11.6 Å². The molecule has 0 spiro atoms. The number of hydrogen-bond acceptors (Lipinski definition) is 5. The van der Waals surface area contributed by atoms with Crippen LogP contribution in [0.25, 0.3) is 0 Å². The third-order valence-corrected chi connectivity index (χ3v) is 5.04. The summed E-state index contributed by atoms with van der Waals surface area (Å²) < 4.78 is 28.2. The Bertz CT molecular complexity index is 1090. The first kappa shape index (κ1) is 19.4. The molecule has 0 saturated heterocycles. The van der Waals surface area contributed by atoms with Crippen molar-refractivity contribution in [2.24, 2.45) is 0 Å². The molecule has 28 heavy (non-hydrogen) atoms. The van der Waals surface area contributed by atoms with Gasteiger partial charge in [-0.2, -0.15) is 0 Å². The van der Waals surface area contributed by atoms with Crippen LogP contribution in [0.4, 0.5) is 5.69 Å². The fraction of sp³-hybridized carbons (Fsp3) is 0.100. The molecule has 0 atom stereocenters. The van der Waals surface area contributed by atoms with Gasteiger partial charge in [-0.25, -0.2) is 8.42 Å². The molecule has 8 heteroatoms. The van der Waals surface area contributed by atoms with E-state index >= 15 is 0 Å². The third-order valence-electron chi connectivity index (χ3n) is 3.93. The van der Waals surface area contributed by atoms with Crippen molar-refractivity contribution in [3.63, 3.8) is 0 Å². The molecule has 2 aromatic carbocycles. The summed E-state index contributed by atoms with van der Waals surface area (Å²) in [7, 11) is -3.38. The number of carbonyl (C=O) groups excluding carboxylic acids is 2. The lowest BCUT2D eigenvalue weighted by Crippen LogP contribution is -2.23. The summed E-state index contributed by atoms with van der Waals surface area (Å²) in [6.45, 7) is 0.258. The van der Waals surface area contributed by atoms with Crippen LogP contribution in [0.1, 0.15) is 26.5 Å². The fourth-order valence-electron chi connectivity index (χ4n) is 2.46. The van der Waals surface area contributed by atoms with Gasteiger partial charge in [0.1, 0.15) is 0 Å². The number of rotatable bonds is 6. The number of hydrogen-bond donors (Lipinski definition) is 2. The van der Waals surface area contributed by atoms with E-state index in [9.17, 15) is 18.0 Å². The number of nitrogens with one attached hydrogen (secondary N) is 2. The topological polar surface area (TPSA) is 105 Å². The molecule has 3 aromatic rings. The monoisotopic (exact) mass is 398 g/mol. The summed E-state index contributed by atoms with van der Waals surface area (Å²) in [6, 6.07) is 16.0. The lowest BCUT2D eigenvalue weighted by atomic mass is 10.2. The van der Waals surface area contributed by atoms with Gasteiger partial charge in [-0.1, -0.05) is 18.2 Å². The van der Waals surface area contributed by atoms with Gasteiger partial charge in [-0.3, -0.25) is 9.59 Å².